The van der Waals surface area contributed by atoms with Crippen LogP contribution in [0.1, 0.15) is 33.6 Å². The number of aliphatic hydroxyl groups excluding tert-OH is 1. The zero-order valence-corrected chi connectivity index (χ0v) is 25.1. The van der Waals surface area contributed by atoms with Gasteiger partial charge in [0.05, 0.1) is 44.6 Å². The molecule has 14 nitrogen and oxygen atoms in total. The predicted molar refractivity (Wildman–Crippen MR) is 139 cm³/mol. The van der Waals surface area contributed by atoms with Crippen LogP contribution in [-0.2, 0) is 61.7 Å². The van der Waals surface area contributed by atoms with E-state index in [9.17, 15) is 14.7 Å². The lowest BCUT2D eigenvalue weighted by atomic mass is 9.88. The summed E-state index contributed by atoms with van der Waals surface area (Å²) in [6.45, 7) is 5.09. The van der Waals surface area contributed by atoms with Gasteiger partial charge in [-0.15, -0.1) is 0 Å². The van der Waals surface area contributed by atoms with Crippen LogP contribution in [0.2, 0.25) is 0 Å². The van der Waals surface area contributed by atoms with E-state index < -0.39 is 85.6 Å². The molecular weight excluding hydrogens is 548 g/mol. The Morgan fingerprint density at radius 3 is 2.07 bits per heavy atom. The highest BCUT2D eigenvalue weighted by Gasteiger charge is 2.51. The molecule has 3 rings (SSSR count). The van der Waals surface area contributed by atoms with E-state index in [2.05, 4.69) is 0 Å². The predicted octanol–water partition coefficient (Wildman–Crippen LogP) is 0.199. The summed E-state index contributed by atoms with van der Waals surface area (Å²) in [5, 5.41) is 10.5. The second-order valence-electron chi connectivity index (χ2n) is 10.5. The number of esters is 2. The first kappa shape index (κ1) is 34.0. The summed E-state index contributed by atoms with van der Waals surface area (Å²) in [4.78, 5) is 23.5. The number of aliphatic hydroxyl groups is 1. The van der Waals surface area contributed by atoms with Crippen molar-refractivity contribution in [1.29, 1.82) is 0 Å². The van der Waals surface area contributed by atoms with Gasteiger partial charge in [0, 0.05) is 47.7 Å². The first-order chi connectivity index (χ1) is 19.6. The van der Waals surface area contributed by atoms with E-state index in [4.69, 9.17) is 52.1 Å². The minimum Gasteiger partial charge on any atom is -0.469 e. The summed E-state index contributed by atoms with van der Waals surface area (Å²) >= 11 is 0. The second-order valence-corrected chi connectivity index (χ2v) is 10.5. The molecule has 0 unspecified atom stereocenters. The molecule has 0 aliphatic carbocycles. The molecule has 0 radical (unpaired) electrons. The van der Waals surface area contributed by atoms with Crippen LogP contribution in [0.4, 0.5) is 0 Å². The third-order valence-corrected chi connectivity index (χ3v) is 7.96. The van der Waals surface area contributed by atoms with Crippen molar-refractivity contribution < 1.29 is 66.8 Å². The van der Waals surface area contributed by atoms with Gasteiger partial charge in [0.25, 0.3) is 0 Å². The molecule has 0 amide bonds. The molecule has 0 saturated carbocycles. The number of hydrogen-bond acceptors (Lipinski definition) is 14. The zero-order valence-electron chi connectivity index (χ0n) is 25.1. The van der Waals surface area contributed by atoms with Gasteiger partial charge in [-0.05, 0) is 6.92 Å². The SMILES string of the molecule is COC(=O)C[C@@H]1O[C@H](COC(C)=O)C[C@H](O[C@@H]2OC[C@@H](OC)[C@H](O[C@@H]3O[C@@H](C)[C@@H](O)[C@@H](OC)[C@@H]3OC)[C@H]2OC)[C@H]1C. The normalized spacial score (nSPS) is 41.5. The average Bonchev–Trinajstić information content (AvgIpc) is 2.95. The first-order valence-corrected chi connectivity index (χ1v) is 13.8. The molecule has 238 valence electrons. The molecule has 3 aliphatic rings. The Balaban J connectivity index is 1.79. The maximum Gasteiger partial charge on any atom is 0.308 e. The van der Waals surface area contributed by atoms with Gasteiger partial charge in [-0.1, -0.05) is 6.92 Å². The summed E-state index contributed by atoms with van der Waals surface area (Å²) < 4.78 is 63.7. The minimum absolute atomic E-state index is 0.00688. The van der Waals surface area contributed by atoms with Gasteiger partial charge in [0.2, 0.25) is 0 Å². The van der Waals surface area contributed by atoms with Crippen LogP contribution in [0, 0.1) is 5.92 Å². The Morgan fingerprint density at radius 1 is 0.829 bits per heavy atom. The third kappa shape index (κ3) is 8.34. The summed E-state index contributed by atoms with van der Waals surface area (Å²) in [6.07, 6.45) is -7.87. The van der Waals surface area contributed by atoms with Gasteiger partial charge in [-0.25, -0.2) is 0 Å². The molecule has 0 aromatic rings. The lowest BCUT2D eigenvalue weighted by Crippen LogP contribution is -2.63. The molecule has 0 aromatic carbocycles. The van der Waals surface area contributed by atoms with Crippen LogP contribution in [-0.4, -0.2) is 139 Å². The fraction of sp³-hybridized carbons (Fsp3) is 0.926. The van der Waals surface area contributed by atoms with E-state index in [1.165, 1.54) is 42.5 Å². The van der Waals surface area contributed by atoms with Crippen LogP contribution >= 0.6 is 0 Å². The minimum atomic E-state index is -0.917. The van der Waals surface area contributed by atoms with Gasteiger partial charge in [0.1, 0.15) is 43.2 Å². The van der Waals surface area contributed by atoms with Gasteiger partial charge in [-0.3, -0.25) is 9.59 Å². The second kappa shape index (κ2) is 15.8. The van der Waals surface area contributed by atoms with Gasteiger partial charge in [0.15, 0.2) is 12.6 Å². The Bertz CT molecular complexity index is 828. The molecule has 0 aromatic heterocycles. The number of rotatable bonds is 12. The Labute approximate surface area is 241 Å². The van der Waals surface area contributed by atoms with Crippen LogP contribution in [0.3, 0.4) is 0 Å². The van der Waals surface area contributed by atoms with E-state index in [1.807, 2.05) is 6.92 Å². The molecule has 14 heteroatoms. The highest BCUT2D eigenvalue weighted by Crippen LogP contribution is 2.35. The fourth-order valence-corrected chi connectivity index (χ4v) is 5.53. The van der Waals surface area contributed by atoms with Crippen molar-refractivity contribution in [3.05, 3.63) is 0 Å². The lowest BCUT2D eigenvalue weighted by Gasteiger charge is -2.48. The molecule has 0 spiro atoms. The van der Waals surface area contributed by atoms with Gasteiger partial charge in [-0.2, -0.15) is 0 Å². The maximum absolute atomic E-state index is 12.1. The Kier molecular flexibility index (Phi) is 13.2. The van der Waals surface area contributed by atoms with Crippen molar-refractivity contribution in [3.63, 3.8) is 0 Å². The zero-order chi connectivity index (χ0) is 30.3. The average molecular weight is 595 g/mol. The van der Waals surface area contributed by atoms with Crippen molar-refractivity contribution >= 4 is 11.9 Å². The number of carbonyl (C=O) groups excluding carboxylic acids is 2. The number of carbonyl (C=O) groups is 2. The molecule has 3 aliphatic heterocycles. The first-order valence-electron chi connectivity index (χ1n) is 13.8. The van der Waals surface area contributed by atoms with Gasteiger partial charge < -0.3 is 57.2 Å². The smallest absolute Gasteiger partial charge is 0.308 e. The van der Waals surface area contributed by atoms with E-state index in [0.717, 1.165) is 0 Å². The Hall–Kier alpha value is -1.46. The standard InChI is InChI=1S/C27H46O14/c1-13-17(9-16(11-36-15(3)28)39-18(13)10-20(29)32-5)40-26-24(34-7)22(19(31-4)12-37-26)41-27-25(35-8)23(33-6)21(30)14(2)38-27/h13-14,16-19,21-27,30H,9-12H2,1-8H3/t13-,14+,16+,17+,18+,19-,21-,22+,23-,24-,25+,26+,27+/m1/s1. The molecule has 1 N–H and O–H groups in total. The van der Waals surface area contributed by atoms with Crippen LogP contribution in [0.25, 0.3) is 0 Å². The highest BCUT2D eigenvalue weighted by molar-refractivity contribution is 5.69. The van der Waals surface area contributed by atoms with Gasteiger partial charge >= 0.3 is 11.9 Å². The van der Waals surface area contributed by atoms with E-state index in [0.29, 0.717) is 6.42 Å². The molecule has 3 saturated heterocycles. The van der Waals surface area contributed by atoms with Crippen LogP contribution in [0.5, 0.6) is 0 Å². The number of hydrogen-bond donors (Lipinski definition) is 1. The topological polar surface area (TPSA) is 156 Å². The fourth-order valence-electron chi connectivity index (χ4n) is 5.53. The summed E-state index contributed by atoms with van der Waals surface area (Å²) in [5.41, 5.74) is 0. The largest absolute Gasteiger partial charge is 0.469 e. The van der Waals surface area contributed by atoms with Crippen LogP contribution < -0.4 is 0 Å². The molecule has 3 fully saturated rings. The summed E-state index contributed by atoms with van der Waals surface area (Å²) in [7, 11) is 7.33. The van der Waals surface area contributed by atoms with Crippen molar-refractivity contribution in [2.45, 2.75) is 107 Å². The molecule has 13 atom stereocenters. The highest BCUT2D eigenvalue weighted by atomic mass is 16.8. The van der Waals surface area contributed by atoms with E-state index in [1.54, 1.807) is 6.92 Å². The van der Waals surface area contributed by atoms with Crippen molar-refractivity contribution in [1.82, 2.24) is 0 Å². The monoisotopic (exact) mass is 594 g/mol. The number of methoxy groups -OCH3 is 5. The quantitative estimate of drug-likeness (QED) is 0.306. The Morgan fingerprint density at radius 2 is 1.49 bits per heavy atom. The van der Waals surface area contributed by atoms with Crippen molar-refractivity contribution in [2.24, 2.45) is 5.92 Å². The lowest BCUT2D eigenvalue weighted by molar-refractivity contribution is -0.358. The van der Waals surface area contributed by atoms with E-state index in [-0.39, 0.29) is 25.6 Å². The summed E-state index contributed by atoms with van der Waals surface area (Å²) in [5.74, 6) is -1.11. The maximum atomic E-state index is 12.1. The number of ether oxygens (including phenoxy) is 11. The molecular formula is C27H46O14. The summed E-state index contributed by atoms with van der Waals surface area (Å²) in [6, 6.07) is 0. The van der Waals surface area contributed by atoms with Crippen LogP contribution in [0.15, 0.2) is 0 Å². The molecule has 3 heterocycles. The van der Waals surface area contributed by atoms with Crippen molar-refractivity contribution in [2.75, 3.05) is 48.8 Å². The molecule has 0 bridgehead atoms. The van der Waals surface area contributed by atoms with Crippen molar-refractivity contribution in [3.8, 4) is 0 Å². The third-order valence-electron chi connectivity index (χ3n) is 7.96. The van der Waals surface area contributed by atoms with E-state index >= 15 is 0 Å². The molecule has 41 heavy (non-hydrogen) atoms.